The standard InChI is InChI=1S/C12H11Cl2NO3/c13-8-2-1-3-9(14)7(8)6-15-10(12(17)18)4-5-11(15)16/h1-3,10H,4-6H2,(H,17,18). The second-order valence-corrected chi connectivity index (χ2v) is 4.93. The highest BCUT2D eigenvalue weighted by molar-refractivity contribution is 6.36. The van der Waals surface area contributed by atoms with Gasteiger partial charge < -0.3 is 10.0 Å². The topological polar surface area (TPSA) is 57.6 Å². The van der Waals surface area contributed by atoms with E-state index in [4.69, 9.17) is 28.3 Å². The Kier molecular flexibility index (Phi) is 3.78. The van der Waals surface area contributed by atoms with E-state index in [-0.39, 0.29) is 18.9 Å². The van der Waals surface area contributed by atoms with Crippen molar-refractivity contribution in [2.45, 2.75) is 25.4 Å². The molecule has 96 valence electrons. The molecule has 1 aliphatic heterocycles. The van der Waals surface area contributed by atoms with E-state index in [9.17, 15) is 9.59 Å². The van der Waals surface area contributed by atoms with Crippen molar-refractivity contribution >= 4 is 35.1 Å². The van der Waals surface area contributed by atoms with E-state index >= 15 is 0 Å². The van der Waals surface area contributed by atoms with Crippen LogP contribution < -0.4 is 0 Å². The monoisotopic (exact) mass is 287 g/mol. The Balaban J connectivity index is 2.27. The Hall–Kier alpha value is -1.26. The Labute approximate surface area is 114 Å². The van der Waals surface area contributed by atoms with Crippen molar-refractivity contribution in [1.29, 1.82) is 0 Å². The molecule has 1 heterocycles. The fraction of sp³-hybridized carbons (Fsp3) is 0.333. The summed E-state index contributed by atoms with van der Waals surface area (Å²) in [6.45, 7) is 0.133. The lowest BCUT2D eigenvalue weighted by atomic mass is 10.2. The number of hydrogen-bond acceptors (Lipinski definition) is 2. The van der Waals surface area contributed by atoms with E-state index in [1.807, 2.05) is 0 Å². The zero-order chi connectivity index (χ0) is 13.3. The van der Waals surface area contributed by atoms with Crippen molar-refractivity contribution in [2.24, 2.45) is 0 Å². The molecule has 1 N–H and O–H groups in total. The Bertz CT molecular complexity index is 484. The van der Waals surface area contributed by atoms with Gasteiger partial charge in [-0.1, -0.05) is 29.3 Å². The number of carbonyl (C=O) groups excluding carboxylic acids is 1. The molecule has 1 amide bonds. The molecular weight excluding hydrogens is 277 g/mol. The van der Waals surface area contributed by atoms with Crippen LogP contribution in [-0.2, 0) is 16.1 Å². The molecule has 1 aromatic carbocycles. The first-order valence-electron chi connectivity index (χ1n) is 5.46. The smallest absolute Gasteiger partial charge is 0.326 e. The summed E-state index contributed by atoms with van der Waals surface area (Å²) in [5, 5.41) is 9.93. The average molecular weight is 288 g/mol. The minimum atomic E-state index is -0.996. The van der Waals surface area contributed by atoms with Gasteiger partial charge in [0.05, 0.1) is 0 Å². The number of hydrogen-bond donors (Lipinski definition) is 1. The molecule has 0 saturated carbocycles. The predicted molar refractivity (Wildman–Crippen MR) is 67.7 cm³/mol. The van der Waals surface area contributed by atoms with Crippen LogP contribution in [0.3, 0.4) is 0 Å². The molecule has 1 atom stereocenters. The molecule has 2 rings (SSSR count). The molecular formula is C12H11Cl2NO3. The van der Waals surface area contributed by atoms with Gasteiger partial charge in [0.15, 0.2) is 0 Å². The molecule has 1 aliphatic rings. The number of carbonyl (C=O) groups is 2. The Morgan fingerprint density at radius 3 is 2.56 bits per heavy atom. The van der Waals surface area contributed by atoms with Gasteiger partial charge in [-0.05, 0) is 18.6 Å². The van der Waals surface area contributed by atoms with Crippen LogP contribution in [0.1, 0.15) is 18.4 Å². The summed E-state index contributed by atoms with van der Waals surface area (Å²) < 4.78 is 0. The molecule has 6 heteroatoms. The minimum absolute atomic E-state index is 0.133. The van der Waals surface area contributed by atoms with E-state index in [1.54, 1.807) is 18.2 Å². The molecule has 4 nitrogen and oxygen atoms in total. The van der Waals surface area contributed by atoms with E-state index in [0.717, 1.165) is 0 Å². The largest absolute Gasteiger partial charge is 0.480 e. The van der Waals surface area contributed by atoms with E-state index in [0.29, 0.717) is 22.0 Å². The highest BCUT2D eigenvalue weighted by Gasteiger charge is 2.36. The van der Waals surface area contributed by atoms with Gasteiger partial charge in [0.25, 0.3) is 0 Å². The van der Waals surface area contributed by atoms with Crippen molar-refractivity contribution in [3.63, 3.8) is 0 Å². The molecule has 0 spiro atoms. The summed E-state index contributed by atoms with van der Waals surface area (Å²) >= 11 is 12.0. The summed E-state index contributed by atoms with van der Waals surface area (Å²) in [5.41, 5.74) is 0.585. The number of nitrogens with zero attached hydrogens (tertiary/aromatic N) is 1. The second kappa shape index (κ2) is 5.16. The molecule has 1 unspecified atom stereocenters. The fourth-order valence-electron chi connectivity index (χ4n) is 2.04. The zero-order valence-corrected chi connectivity index (χ0v) is 10.9. The first kappa shape index (κ1) is 13.2. The molecule has 18 heavy (non-hydrogen) atoms. The van der Waals surface area contributed by atoms with Crippen LogP contribution in [0.5, 0.6) is 0 Å². The third-order valence-corrected chi connectivity index (χ3v) is 3.71. The highest BCUT2D eigenvalue weighted by Crippen LogP contribution is 2.29. The Morgan fingerprint density at radius 1 is 1.39 bits per heavy atom. The fourth-order valence-corrected chi connectivity index (χ4v) is 2.56. The summed E-state index contributed by atoms with van der Waals surface area (Å²) in [6.07, 6.45) is 0.579. The lowest BCUT2D eigenvalue weighted by molar-refractivity contribution is -0.146. The summed E-state index contributed by atoms with van der Waals surface area (Å²) in [5.74, 6) is -1.18. The predicted octanol–water partition coefficient (Wildman–Crippen LogP) is 2.57. The first-order chi connectivity index (χ1) is 8.50. The third-order valence-electron chi connectivity index (χ3n) is 3.00. The van der Waals surface area contributed by atoms with Gasteiger partial charge in [0.1, 0.15) is 6.04 Å². The van der Waals surface area contributed by atoms with Crippen LogP contribution in [0.2, 0.25) is 10.0 Å². The number of amides is 1. The van der Waals surface area contributed by atoms with Crippen LogP contribution in [0.15, 0.2) is 18.2 Å². The molecule has 1 saturated heterocycles. The van der Waals surface area contributed by atoms with Gasteiger partial charge >= 0.3 is 5.97 Å². The molecule has 0 bridgehead atoms. The molecule has 0 aliphatic carbocycles. The number of halogens is 2. The van der Waals surface area contributed by atoms with Gasteiger partial charge in [0, 0.05) is 28.6 Å². The first-order valence-corrected chi connectivity index (χ1v) is 6.21. The van der Waals surface area contributed by atoms with Crippen LogP contribution >= 0.6 is 23.2 Å². The average Bonchev–Trinajstić information content (AvgIpc) is 2.66. The maximum Gasteiger partial charge on any atom is 0.326 e. The van der Waals surface area contributed by atoms with Crippen LogP contribution in [0.4, 0.5) is 0 Å². The van der Waals surface area contributed by atoms with E-state index in [1.165, 1.54) is 4.90 Å². The van der Waals surface area contributed by atoms with Gasteiger partial charge in [-0.25, -0.2) is 4.79 Å². The van der Waals surface area contributed by atoms with Crippen molar-refractivity contribution in [3.05, 3.63) is 33.8 Å². The summed E-state index contributed by atoms with van der Waals surface area (Å²) in [7, 11) is 0. The SMILES string of the molecule is O=C(O)C1CCC(=O)N1Cc1c(Cl)cccc1Cl. The van der Waals surface area contributed by atoms with Gasteiger partial charge in [-0.2, -0.15) is 0 Å². The Morgan fingerprint density at radius 2 is 2.00 bits per heavy atom. The number of aliphatic carboxylic acids is 1. The number of carboxylic acid groups (broad SMARTS) is 1. The van der Waals surface area contributed by atoms with Crippen molar-refractivity contribution in [3.8, 4) is 0 Å². The number of likely N-dealkylation sites (tertiary alicyclic amines) is 1. The number of rotatable bonds is 3. The molecule has 1 fully saturated rings. The number of benzene rings is 1. The normalized spacial score (nSPS) is 19.3. The van der Waals surface area contributed by atoms with Gasteiger partial charge in [-0.15, -0.1) is 0 Å². The molecule has 0 aromatic heterocycles. The maximum atomic E-state index is 11.7. The highest BCUT2D eigenvalue weighted by atomic mass is 35.5. The van der Waals surface area contributed by atoms with E-state index in [2.05, 4.69) is 0 Å². The molecule has 0 radical (unpaired) electrons. The quantitative estimate of drug-likeness (QED) is 0.930. The number of carboxylic acids is 1. The maximum absolute atomic E-state index is 11.7. The van der Waals surface area contributed by atoms with Crippen molar-refractivity contribution < 1.29 is 14.7 Å². The van der Waals surface area contributed by atoms with Gasteiger partial charge in [0.2, 0.25) is 5.91 Å². The summed E-state index contributed by atoms with van der Waals surface area (Å²) in [6, 6.07) is 4.25. The van der Waals surface area contributed by atoms with Crippen molar-refractivity contribution in [2.75, 3.05) is 0 Å². The van der Waals surface area contributed by atoms with Crippen LogP contribution in [-0.4, -0.2) is 27.9 Å². The van der Waals surface area contributed by atoms with Crippen molar-refractivity contribution in [1.82, 2.24) is 4.90 Å². The third kappa shape index (κ3) is 2.44. The lowest BCUT2D eigenvalue weighted by Gasteiger charge is -2.22. The van der Waals surface area contributed by atoms with Gasteiger partial charge in [-0.3, -0.25) is 4.79 Å². The van der Waals surface area contributed by atoms with Crippen LogP contribution in [0, 0.1) is 0 Å². The zero-order valence-electron chi connectivity index (χ0n) is 9.40. The summed E-state index contributed by atoms with van der Waals surface area (Å²) in [4.78, 5) is 24.1. The molecule has 1 aromatic rings. The van der Waals surface area contributed by atoms with E-state index < -0.39 is 12.0 Å². The van der Waals surface area contributed by atoms with Crippen LogP contribution in [0.25, 0.3) is 0 Å². The minimum Gasteiger partial charge on any atom is -0.480 e. The second-order valence-electron chi connectivity index (χ2n) is 4.11. The lowest BCUT2D eigenvalue weighted by Crippen LogP contribution is -2.38.